The van der Waals surface area contributed by atoms with Crippen LogP contribution >= 0.6 is 0 Å². The molecule has 0 radical (unpaired) electrons. The van der Waals surface area contributed by atoms with Gasteiger partial charge < -0.3 is 14.8 Å². The molecule has 0 amide bonds. The molecule has 2 aromatic carbocycles. The zero-order valence-electron chi connectivity index (χ0n) is 16.1. The number of aliphatic hydroxyl groups is 1. The van der Waals surface area contributed by atoms with Gasteiger partial charge in [0.15, 0.2) is 5.78 Å². The van der Waals surface area contributed by atoms with Crippen LogP contribution in [0, 0.1) is 0 Å². The van der Waals surface area contributed by atoms with Gasteiger partial charge in [0.05, 0.1) is 13.2 Å². The molecular weight excluding hydrogens is 352 g/mol. The molecule has 5 heteroatoms. The van der Waals surface area contributed by atoms with Crippen LogP contribution in [-0.2, 0) is 0 Å². The number of carbonyl (C=O) groups excluding carboxylic acids is 1. The number of hydrogen-bond acceptors (Lipinski definition) is 4. The van der Waals surface area contributed by atoms with Crippen molar-refractivity contribution >= 4 is 16.7 Å². The number of benzene rings is 2. The summed E-state index contributed by atoms with van der Waals surface area (Å²) in [6, 6.07) is 14.9. The highest BCUT2D eigenvalue weighted by Gasteiger charge is 2.36. The van der Waals surface area contributed by atoms with E-state index in [1.165, 1.54) is 6.42 Å². The minimum atomic E-state index is -1.17. The lowest BCUT2D eigenvalue weighted by Crippen LogP contribution is -2.43. The van der Waals surface area contributed by atoms with Crippen LogP contribution in [0.1, 0.15) is 41.2 Å². The van der Waals surface area contributed by atoms with Gasteiger partial charge in [-0.1, -0.05) is 42.8 Å². The highest BCUT2D eigenvalue weighted by Crippen LogP contribution is 2.35. The van der Waals surface area contributed by atoms with Gasteiger partial charge in [-0.25, -0.2) is 0 Å². The molecule has 2 N–H and O–H groups in total. The highest BCUT2D eigenvalue weighted by molar-refractivity contribution is 6.10. The molecular formula is C23H26N2O3. The van der Waals surface area contributed by atoms with E-state index < -0.39 is 12.1 Å². The number of piperidine rings is 1. The summed E-state index contributed by atoms with van der Waals surface area (Å²) in [5.41, 5.74) is 2.28. The number of methoxy groups -OCH3 is 1. The van der Waals surface area contributed by atoms with Crippen molar-refractivity contribution in [2.24, 2.45) is 0 Å². The summed E-state index contributed by atoms with van der Waals surface area (Å²) in [6.07, 6.45) is 3.85. The van der Waals surface area contributed by atoms with Crippen LogP contribution < -0.4 is 4.74 Å². The molecule has 1 aromatic heterocycles. The largest absolute Gasteiger partial charge is 0.496 e. The van der Waals surface area contributed by atoms with E-state index in [9.17, 15) is 9.90 Å². The number of para-hydroxylation sites is 2. The molecule has 146 valence electrons. The first kappa shape index (κ1) is 18.7. The topological polar surface area (TPSA) is 65.6 Å². The third-order valence-corrected chi connectivity index (χ3v) is 5.66. The zero-order chi connectivity index (χ0) is 19.5. The molecule has 0 bridgehead atoms. The van der Waals surface area contributed by atoms with Crippen molar-refractivity contribution in [1.82, 2.24) is 9.88 Å². The number of hydrogen-bond donors (Lipinski definition) is 2. The van der Waals surface area contributed by atoms with E-state index >= 15 is 0 Å². The molecule has 0 aliphatic carbocycles. The fourth-order valence-corrected chi connectivity index (χ4v) is 4.25. The molecule has 3 aromatic rings. The Bertz CT molecular complexity index is 959. The Kier molecular flexibility index (Phi) is 5.46. The van der Waals surface area contributed by atoms with Gasteiger partial charge in [-0.15, -0.1) is 0 Å². The first-order chi connectivity index (χ1) is 13.7. The monoisotopic (exact) mass is 378 g/mol. The first-order valence-electron chi connectivity index (χ1n) is 9.86. The Morgan fingerprint density at radius 1 is 1.07 bits per heavy atom. The summed E-state index contributed by atoms with van der Waals surface area (Å²) in [6.45, 7) is 1.72. The van der Waals surface area contributed by atoms with Crippen molar-refractivity contribution in [2.45, 2.75) is 31.4 Å². The lowest BCUT2D eigenvalue weighted by molar-refractivity contribution is 0.0316. The second kappa shape index (κ2) is 8.17. The van der Waals surface area contributed by atoms with Gasteiger partial charge in [-0.3, -0.25) is 9.69 Å². The summed E-state index contributed by atoms with van der Waals surface area (Å²) in [5, 5.41) is 12.1. The maximum absolute atomic E-state index is 13.3. The number of aliphatic hydroxyl groups excluding tert-OH is 1. The Morgan fingerprint density at radius 3 is 2.57 bits per heavy atom. The molecule has 0 unspecified atom stereocenters. The van der Waals surface area contributed by atoms with Crippen LogP contribution in [-0.4, -0.2) is 47.1 Å². The molecule has 28 heavy (non-hydrogen) atoms. The lowest BCUT2D eigenvalue weighted by atomic mass is 9.91. The molecule has 4 rings (SSSR count). The number of aromatic nitrogens is 1. The van der Waals surface area contributed by atoms with Crippen LogP contribution in [0.2, 0.25) is 0 Å². The van der Waals surface area contributed by atoms with Gasteiger partial charge in [0.25, 0.3) is 0 Å². The van der Waals surface area contributed by atoms with Crippen LogP contribution in [0.4, 0.5) is 0 Å². The normalized spacial score (nSPS) is 17.4. The average molecular weight is 378 g/mol. The number of likely N-dealkylation sites (tertiary alicyclic amines) is 1. The number of fused-ring (bicyclic) bond motifs is 1. The maximum atomic E-state index is 13.3. The van der Waals surface area contributed by atoms with Crippen molar-refractivity contribution < 1.29 is 14.6 Å². The number of H-pyrrole nitrogens is 1. The first-order valence-corrected chi connectivity index (χ1v) is 9.86. The molecule has 0 spiro atoms. The number of ketones is 1. The van der Waals surface area contributed by atoms with Crippen molar-refractivity contribution in [3.63, 3.8) is 0 Å². The summed E-state index contributed by atoms with van der Waals surface area (Å²) >= 11 is 0. The Hall–Kier alpha value is -2.63. The molecule has 0 saturated carbocycles. The van der Waals surface area contributed by atoms with Gasteiger partial charge in [0.1, 0.15) is 11.9 Å². The second-order valence-electron chi connectivity index (χ2n) is 7.34. The fraction of sp³-hybridized carbons (Fsp3) is 0.348. The number of nitrogens with zero attached hydrogens (tertiary/aromatic N) is 1. The Labute approximate surface area is 164 Å². The summed E-state index contributed by atoms with van der Waals surface area (Å²) < 4.78 is 5.55. The van der Waals surface area contributed by atoms with E-state index in [0.717, 1.165) is 42.4 Å². The Balaban J connectivity index is 1.74. The highest BCUT2D eigenvalue weighted by atomic mass is 16.5. The summed E-state index contributed by atoms with van der Waals surface area (Å²) in [4.78, 5) is 18.7. The SMILES string of the molecule is COc1ccccc1[C@H]([C@H](O)C(=O)c1c[nH]c2ccccc12)N1CCCCC1. The standard InChI is InChI=1S/C23H26N2O3/c1-28-20-12-6-4-10-17(20)21(25-13-7-2-8-14-25)23(27)22(26)18-15-24-19-11-5-3-9-16(18)19/h3-6,9-12,15,21,23-24,27H,2,7-8,13-14H2,1H3/t21-,23+/m1/s1. The van der Waals surface area contributed by atoms with Gasteiger partial charge in [0.2, 0.25) is 0 Å². The summed E-state index contributed by atoms with van der Waals surface area (Å²) in [7, 11) is 1.62. The van der Waals surface area contributed by atoms with Gasteiger partial charge in [-0.05, 0) is 38.1 Å². The predicted octanol–water partition coefficient (Wildman–Crippen LogP) is 3.95. The third-order valence-electron chi connectivity index (χ3n) is 5.66. The van der Waals surface area contributed by atoms with E-state index in [1.807, 2.05) is 48.5 Å². The molecule has 2 atom stereocenters. The number of Topliss-reactive ketones (excluding diaryl/α,β-unsaturated/α-hetero) is 1. The molecule has 2 heterocycles. The zero-order valence-corrected chi connectivity index (χ0v) is 16.1. The minimum absolute atomic E-state index is 0.265. The van der Waals surface area contributed by atoms with Gasteiger partial charge >= 0.3 is 0 Å². The lowest BCUT2D eigenvalue weighted by Gasteiger charge is -2.37. The smallest absolute Gasteiger partial charge is 0.195 e. The number of carbonyl (C=O) groups is 1. The third kappa shape index (κ3) is 3.43. The maximum Gasteiger partial charge on any atom is 0.195 e. The van der Waals surface area contributed by atoms with Gasteiger partial charge in [0, 0.05) is 28.2 Å². The average Bonchev–Trinajstić information content (AvgIpc) is 3.18. The van der Waals surface area contributed by atoms with Crippen molar-refractivity contribution in [1.29, 1.82) is 0 Å². The van der Waals surface area contributed by atoms with Crippen molar-refractivity contribution in [3.8, 4) is 5.75 Å². The van der Waals surface area contributed by atoms with E-state index in [1.54, 1.807) is 13.3 Å². The Morgan fingerprint density at radius 2 is 1.79 bits per heavy atom. The van der Waals surface area contributed by atoms with E-state index in [-0.39, 0.29) is 5.78 Å². The molecule has 1 aliphatic rings. The number of ether oxygens (including phenoxy) is 1. The van der Waals surface area contributed by atoms with E-state index in [0.29, 0.717) is 11.3 Å². The molecule has 1 fully saturated rings. The van der Waals surface area contributed by atoms with Crippen LogP contribution in [0.3, 0.4) is 0 Å². The number of rotatable bonds is 6. The van der Waals surface area contributed by atoms with Crippen LogP contribution in [0.15, 0.2) is 54.7 Å². The van der Waals surface area contributed by atoms with Crippen LogP contribution in [0.5, 0.6) is 5.75 Å². The minimum Gasteiger partial charge on any atom is -0.496 e. The summed E-state index contributed by atoms with van der Waals surface area (Å²) in [5.74, 6) is 0.433. The number of aromatic amines is 1. The fourth-order valence-electron chi connectivity index (χ4n) is 4.25. The van der Waals surface area contributed by atoms with Gasteiger partial charge in [-0.2, -0.15) is 0 Å². The number of nitrogens with one attached hydrogen (secondary N) is 1. The predicted molar refractivity (Wildman–Crippen MR) is 110 cm³/mol. The molecule has 5 nitrogen and oxygen atoms in total. The van der Waals surface area contributed by atoms with E-state index in [2.05, 4.69) is 9.88 Å². The molecule has 1 aliphatic heterocycles. The quantitative estimate of drug-likeness (QED) is 0.638. The van der Waals surface area contributed by atoms with Crippen LogP contribution in [0.25, 0.3) is 10.9 Å². The van der Waals surface area contributed by atoms with E-state index in [4.69, 9.17) is 4.74 Å². The second-order valence-corrected chi connectivity index (χ2v) is 7.34. The van der Waals surface area contributed by atoms with Crippen molar-refractivity contribution in [3.05, 3.63) is 65.9 Å². The molecule has 1 saturated heterocycles. The van der Waals surface area contributed by atoms with Crippen molar-refractivity contribution in [2.75, 3.05) is 20.2 Å².